The molecule has 3 atom stereocenters. The third-order valence-corrected chi connectivity index (χ3v) is 5.33. The molecular formula is C19H24ClNO5. The van der Waals surface area contributed by atoms with E-state index in [4.69, 9.17) is 21.1 Å². The number of amides is 1. The van der Waals surface area contributed by atoms with Gasteiger partial charge in [0, 0.05) is 30.6 Å². The molecule has 2 aliphatic rings. The summed E-state index contributed by atoms with van der Waals surface area (Å²) in [7, 11) is 0. The number of carboxylic acids is 1. The minimum absolute atomic E-state index is 0.0694. The van der Waals surface area contributed by atoms with Crippen molar-refractivity contribution in [1.29, 1.82) is 0 Å². The van der Waals surface area contributed by atoms with Gasteiger partial charge in [-0.05, 0) is 30.5 Å². The molecule has 26 heavy (non-hydrogen) atoms. The normalized spacial score (nSPS) is 25.6. The van der Waals surface area contributed by atoms with E-state index in [2.05, 4.69) is 0 Å². The molecule has 6 nitrogen and oxygen atoms in total. The van der Waals surface area contributed by atoms with Crippen molar-refractivity contribution in [1.82, 2.24) is 4.90 Å². The van der Waals surface area contributed by atoms with Crippen LogP contribution in [0.3, 0.4) is 0 Å². The molecule has 1 aromatic rings. The molecule has 7 heteroatoms. The van der Waals surface area contributed by atoms with Crippen LogP contribution in [0.25, 0.3) is 0 Å². The minimum atomic E-state index is -0.880. The van der Waals surface area contributed by atoms with Gasteiger partial charge in [0.15, 0.2) is 0 Å². The molecule has 2 saturated heterocycles. The number of halogens is 1. The van der Waals surface area contributed by atoms with Crippen LogP contribution in [0.5, 0.6) is 0 Å². The number of ether oxygens (including phenoxy) is 2. The maximum atomic E-state index is 12.4. The zero-order valence-electron chi connectivity index (χ0n) is 14.6. The van der Waals surface area contributed by atoms with Gasteiger partial charge in [0.25, 0.3) is 0 Å². The summed E-state index contributed by atoms with van der Waals surface area (Å²) in [5.74, 6) is -1.77. The molecule has 3 rings (SSSR count). The SMILES string of the molecule is O=C(O)[C@@H]1CN(C(=O)CCOCC2CCCO2)C[C@H]1c1ccc(Cl)cc1. The number of hydrogen-bond acceptors (Lipinski definition) is 4. The van der Waals surface area contributed by atoms with Gasteiger partial charge in [-0.3, -0.25) is 9.59 Å². The van der Waals surface area contributed by atoms with Crippen molar-refractivity contribution in [2.45, 2.75) is 31.3 Å². The molecular weight excluding hydrogens is 358 g/mol. The number of carbonyl (C=O) groups excluding carboxylic acids is 1. The number of aliphatic carboxylic acids is 1. The first-order valence-corrected chi connectivity index (χ1v) is 9.38. The maximum Gasteiger partial charge on any atom is 0.308 e. The monoisotopic (exact) mass is 381 g/mol. The fraction of sp³-hybridized carbons (Fsp3) is 0.579. The van der Waals surface area contributed by atoms with E-state index < -0.39 is 11.9 Å². The van der Waals surface area contributed by atoms with E-state index in [0.29, 0.717) is 24.8 Å². The molecule has 1 aromatic carbocycles. The number of likely N-dealkylation sites (tertiary alicyclic amines) is 1. The lowest BCUT2D eigenvalue weighted by Crippen LogP contribution is -2.30. The van der Waals surface area contributed by atoms with Crippen LogP contribution in [0.2, 0.25) is 5.02 Å². The highest BCUT2D eigenvalue weighted by atomic mass is 35.5. The average molecular weight is 382 g/mol. The molecule has 1 amide bonds. The molecule has 0 saturated carbocycles. The molecule has 0 radical (unpaired) electrons. The first-order valence-electron chi connectivity index (χ1n) is 9.00. The Morgan fingerprint density at radius 1 is 1.27 bits per heavy atom. The Bertz CT molecular complexity index is 629. The lowest BCUT2D eigenvalue weighted by Gasteiger charge is -2.17. The summed E-state index contributed by atoms with van der Waals surface area (Å²) in [4.78, 5) is 25.7. The van der Waals surface area contributed by atoms with Gasteiger partial charge in [-0.15, -0.1) is 0 Å². The van der Waals surface area contributed by atoms with Crippen molar-refractivity contribution in [3.63, 3.8) is 0 Å². The van der Waals surface area contributed by atoms with Gasteiger partial charge in [0.05, 0.1) is 31.7 Å². The number of nitrogens with zero attached hydrogens (tertiary/aromatic N) is 1. The van der Waals surface area contributed by atoms with Crippen molar-refractivity contribution in [3.05, 3.63) is 34.9 Å². The lowest BCUT2D eigenvalue weighted by molar-refractivity contribution is -0.141. The van der Waals surface area contributed by atoms with Gasteiger partial charge in [-0.25, -0.2) is 0 Å². The number of rotatable bonds is 7. The molecule has 0 aromatic heterocycles. The quantitative estimate of drug-likeness (QED) is 0.734. The Balaban J connectivity index is 1.52. The third-order valence-electron chi connectivity index (χ3n) is 5.08. The Morgan fingerprint density at radius 2 is 2.04 bits per heavy atom. The Morgan fingerprint density at radius 3 is 2.69 bits per heavy atom. The molecule has 1 N–H and O–H groups in total. The maximum absolute atomic E-state index is 12.4. The molecule has 0 bridgehead atoms. The molecule has 0 aliphatic carbocycles. The molecule has 1 unspecified atom stereocenters. The number of carboxylic acid groups (broad SMARTS) is 1. The number of benzene rings is 1. The highest BCUT2D eigenvalue weighted by Gasteiger charge is 2.40. The zero-order chi connectivity index (χ0) is 18.5. The Hall–Kier alpha value is -1.63. The fourth-order valence-electron chi connectivity index (χ4n) is 3.61. The predicted octanol–water partition coefficient (Wildman–Crippen LogP) is 2.55. The number of carbonyl (C=O) groups is 2. The molecule has 0 spiro atoms. The molecule has 142 valence electrons. The largest absolute Gasteiger partial charge is 0.481 e. The second-order valence-corrected chi connectivity index (χ2v) is 7.30. The summed E-state index contributed by atoms with van der Waals surface area (Å²) in [5.41, 5.74) is 0.895. The van der Waals surface area contributed by atoms with Crippen LogP contribution in [0, 0.1) is 5.92 Å². The van der Waals surface area contributed by atoms with Crippen LogP contribution in [0.4, 0.5) is 0 Å². The van der Waals surface area contributed by atoms with Gasteiger partial charge in [-0.1, -0.05) is 23.7 Å². The van der Waals surface area contributed by atoms with E-state index >= 15 is 0 Å². The van der Waals surface area contributed by atoms with Gasteiger partial charge in [0.2, 0.25) is 5.91 Å². The molecule has 2 aliphatic heterocycles. The summed E-state index contributed by atoms with van der Waals surface area (Å²) >= 11 is 5.91. The van der Waals surface area contributed by atoms with Crippen LogP contribution in [0.1, 0.15) is 30.7 Å². The summed E-state index contributed by atoms with van der Waals surface area (Å²) in [6.07, 6.45) is 2.46. The summed E-state index contributed by atoms with van der Waals surface area (Å²) < 4.78 is 11.0. The molecule has 2 fully saturated rings. The average Bonchev–Trinajstić information content (AvgIpc) is 3.29. The van der Waals surface area contributed by atoms with Crippen LogP contribution in [0.15, 0.2) is 24.3 Å². The zero-order valence-corrected chi connectivity index (χ0v) is 15.4. The number of hydrogen-bond donors (Lipinski definition) is 1. The minimum Gasteiger partial charge on any atom is -0.481 e. The van der Waals surface area contributed by atoms with Crippen LogP contribution in [-0.4, -0.2) is 60.9 Å². The van der Waals surface area contributed by atoms with Gasteiger partial charge < -0.3 is 19.5 Å². The first kappa shape index (κ1) is 19.1. The first-order chi connectivity index (χ1) is 12.5. The summed E-state index contributed by atoms with van der Waals surface area (Å²) in [6.45, 7) is 2.26. The smallest absolute Gasteiger partial charge is 0.308 e. The second-order valence-electron chi connectivity index (χ2n) is 6.86. The topological polar surface area (TPSA) is 76.1 Å². The van der Waals surface area contributed by atoms with Crippen molar-refractivity contribution in [2.75, 3.05) is 32.9 Å². The van der Waals surface area contributed by atoms with E-state index in [1.807, 2.05) is 12.1 Å². The highest BCUT2D eigenvalue weighted by Crippen LogP contribution is 2.33. The van der Waals surface area contributed by atoms with Crippen LogP contribution in [-0.2, 0) is 19.1 Å². The van der Waals surface area contributed by atoms with E-state index in [-0.39, 0.29) is 30.9 Å². The van der Waals surface area contributed by atoms with Gasteiger partial charge >= 0.3 is 5.97 Å². The standard InChI is InChI=1S/C19H24ClNO5/c20-14-5-3-13(4-6-14)16-10-21(11-17(16)19(23)24)18(22)7-9-25-12-15-2-1-8-26-15/h3-6,15-17H,1-2,7-12H2,(H,23,24)/t15?,16-,17+/m0/s1. The third kappa shape index (κ3) is 4.75. The lowest BCUT2D eigenvalue weighted by atomic mass is 9.89. The summed E-state index contributed by atoms with van der Waals surface area (Å²) in [6, 6.07) is 7.17. The van der Waals surface area contributed by atoms with Crippen molar-refractivity contribution >= 4 is 23.5 Å². The van der Waals surface area contributed by atoms with Gasteiger partial charge in [-0.2, -0.15) is 0 Å². The predicted molar refractivity (Wildman–Crippen MR) is 96.3 cm³/mol. The Labute approximate surface area is 158 Å². The van der Waals surface area contributed by atoms with Crippen molar-refractivity contribution in [2.24, 2.45) is 5.92 Å². The van der Waals surface area contributed by atoms with Gasteiger partial charge in [0.1, 0.15) is 0 Å². The van der Waals surface area contributed by atoms with E-state index in [1.165, 1.54) is 0 Å². The van der Waals surface area contributed by atoms with Crippen LogP contribution >= 0.6 is 11.6 Å². The van der Waals surface area contributed by atoms with Crippen molar-refractivity contribution in [3.8, 4) is 0 Å². The fourth-order valence-corrected chi connectivity index (χ4v) is 3.74. The Kier molecular flexibility index (Phi) is 6.51. The van der Waals surface area contributed by atoms with E-state index in [0.717, 1.165) is 25.0 Å². The highest BCUT2D eigenvalue weighted by molar-refractivity contribution is 6.30. The van der Waals surface area contributed by atoms with Crippen molar-refractivity contribution < 1.29 is 24.2 Å². The van der Waals surface area contributed by atoms with Crippen LogP contribution < -0.4 is 0 Å². The van der Waals surface area contributed by atoms with E-state index in [1.54, 1.807) is 17.0 Å². The van der Waals surface area contributed by atoms with E-state index in [9.17, 15) is 14.7 Å². The molecule has 2 heterocycles. The second kappa shape index (κ2) is 8.84. The summed E-state index contributed by atoms with van der Waals surface area (Å²) in [5, 5.41) is 10.1.